The Kier molecular flexibility index (Phi) is 2.81. The largest absolute Gasteiger partial charge is 0.251 e. The average Bonchev–Trinajstić information content (AvgIpc) is 2.28. The van der Waals surface area contributed by atoms with E-state index in [-0.39, 0.29) is 0 Å². The predicted molar refractivity (Wildman–Crippen MR) is 69.1 cm³/mol. The summed E-state index contributed by atoms with van der Waals surface area (Å²) in [4.78, 5) is 8.37. The first-order valence-electron chi connectivity index (χ1n) is 5.91. The molecule has 17 heavy (non-hydrogen) atoms. The standard InChI is InChI=1S/C14H13ClN2/c15-14-13(16-7-8-17-14)12-6-2-5-11(9-12)10-3-1-4-10/h2,5-10H,1,3-4H2. The molecule has 1 heterocycles. The van der Waals surface area contributed by atoms with Gasteiger partial charge in [0.25, 0.3) is 0 Å². The monoisotopic (exact) mass is 244 g/mol. The van der Waals surface area contributed by atoms with Gasteiger partial charge in [0.1, 0.15) is 5.69 Å². The first-order valence-corrected chi connectivity index (χ1v) is 6.29. The van der Waals surface area contributed by atoms with Gasteiger partial charge in [0.2, 0.25) is 0 Å². The second kappa shape index (κ2) is 4.46. The summed E-state index contributed by atoms with van der Waals surface area (Å²) < 4.78 is 0. The Balaban J connectivity index is 2.00. The fourth-order valence-electron chi connectivity index (χ4n) is 2.20. The van der Waals surface area contributed by atoms with Gasteiger partial charge in [-0.15, -0.1) is 0 Å². The Morgan fingerprint density at radius 1 is 1.12 bits per heavy atom. The molecule has 0 saturated heterocycles. The number of nitrogens with zero attached hydrogens (tertiary/aromatic N) is 2. The number of halogens is 1. The molecule has 3 rings (SSSR count). The number of hydrogen-bond acceptors (Lipinski definition) is 2. The van der Waals surface area contributed by atoms with E-state index in [0.29, 0.717) is 5.15 Å². The van der Waals surface area contributed by atoms with Gasteiger partial charge in [-0.1, -0.05) is 36.2 Å². The number of rotatable bonds is 2. The highest BCUT2D eigenvalue weighted by Gasteiger charge is 2.19. The molecule has 0 spiro atoms. The first-order chi connectivity index (χ1) is 8.34. The van der Waals surface area contributed by atoms with Gasteiger partial charge in [0.15, 0.2) is 5.15 Å². The van der Waals surface area contributed by atoms with Gasteiger partial charge >= 0.3 is 0 Å². The van der Waals surface area contributed by atoms with Gasteiger partial charge in [-0.3, -0.25) is 4.98 Å². The Hall–Kier alpha value is -1.41. The van der Waals surface area contributed by atoms with Crippen LogP contribution in [0, 0.1) is 0 Å². The van der Waals surface area contributed by atoms with E-state index in [0.717, 1.165) is 17.2 Å². The Labute approximate surface area is 106 Å². The normalized spacial score (nSPS) is 15.6. The lowest BCUT2D eigenvalue weighted by Gasteiger charge is -2.26. The lowest BCUT2D eigenvalue weighted by Crippen LogP contribution is -2.08. The first kappa shape index (κ1) is 10.7. The third-order valence-electron chi connectivity index (χ3n) is 3.39. The Bertz CT molecular complexity index is 535. The molecule has 0 bridgehead atoms. The molecule has 1 aliphatic carbocycles. The van der Waals surface area contributed by atoms with Gasteiger partial charge in [-0.2, -0.15) is 0 Å². The zero-order valence-corrected chi connectivity index (χ0v) is 10.2. The summed E-state index contributed by atoms with van der Waals surface area (Å²) in [5, 5.41) is 0.471. The molecule has 0 amide bonds. The molecule has 0 radical (unpaired) electrons. The van der Waals surface area contributed by atoms with Crippen LogP contribution in [0.25, 0.3) is 11.3 Å². The molecule has 86 valence electrons. The van der Waals surface area contributed by atoms with Crippen LogP contribution in [0.4, 0.5) is 0 Å². The van der Waals surface area contributed by atoms with E-state index in [1.165, 1.54) is 24.8 Å². The maximum atomic E-state index is 6.06. The van der Waals surface area contributed by atoms with Crippen LogP contribution in [0.15, 0.2) is 36.7 Å². The topological polar surface area (TPSA) is 25.8 Å². The Morgan fingerprint density at radius 2 is 1.94 bits per heavy atom. The Morgan fingerprint density at radius 3 is 2.65 bits per heavy atom. The molecule has 2 nitrogen and oxygen atoms in total. The summed E-state index contributed by atoms with van der Waals surface area (Å²) in [6.45, 7) is 0. The lowest BCUT2D eigenvalue weighted by molar-refractivity contribution is 0.420. The van der Waals surface area contributed by atoms with Crippen molar-refractivity contribution in [2.24, 2.45) is 0 Å². The van der Waals surface area contributed by atoms with E-state index in [2.05, 4.69) is 28.2 Å². The smallest absolute Gasteiger partial charge is 0.155 e. The molecule has 1 fully saturated rings. The third kappa shape index (κ3) is 2.05. The van der Waals surface area contributed by atoms with Crippen LogP contribution >= 0.6 is 11.6 Å². The molecular formula is C14H13ClN2. The highest BCUT2D eigenvalue weighted by molar-refractivity contribution is 6.31. The van der Waals surface area contributed by atoms with Gasteiger partial charge in [-0.25, -0.2) is 4.98 Å². The molecule has 0 aliphatic heterocycles. The van der Waals surface area contributed by atoms with Crippen molar-refractivity contribution in [1.82, 2.24) is 9.97 Å². The summed E-state index contributed by atoms with van der Waals surface area (Å²) in [6.07, 6.45) is 7.24. The van der Waals surface area contributed by atoms with Gasteiger partial charge in [0, 0.05) is 18.0 Å². The zero-order valence-electron chi connectivity index (χ0n) is 9.44. The highest BCUT2D eigenvalue weighted by Crippen LogP contribution is 2.37. The van der Waals surface area contributed by atoms with Crippen molar-refractivity contribution >= 4 is 11.6 Å². The maximum absolute atomic E-state index is 6.06. The van der Waals surface area contributed by atoms with E-state index >= 15 is 0 Å². The van der Waals surface area contributed by atoms with Crippen LogP contribution in [0.2, 0.25) is 5.15 Å². The van der Waals surface area contributed by atoms with Crippen LogP contribution in [-0.2, 0) is 0 Å². The fraction of sp³-hybridized carbons (Fsp3) is 0.286. The molecular weight excluding hydrogens is 232 g/mol. The maximum Gasteiger partial charge on any atom is 0.155 e. The summed E-state index contributed by atoms with van der Waals surface area (Å²) in [5.74, 6) is 0.727. The van der Waals surface area contributed by atoms with E-state index in [4.69, 9.17) is 11.6 Å². The van der Waals surface area contributed by atoms with Crippen LogP contribution in [0.3, 0.4) is 0 Å². The zero-order chi connectivity index (χ0) is 11.7. The van der Waals surface area contributed by atoms with Crippen molar-refractivity contribution in [1.29, 1.82) is 0 Å². The van der Waals surface area contributed by atoms with Crippen molar-refractivity contribution in [2.45, 2.75) is 25.2 Å². The molecule has 0 atom stereocenters. The molecule has 3 heteroatoms. The molecule has 0 unspecified atom stereocenters. The van der Waals surface area contributed by atoms with Crippen molar-refractivity contribution in [2.75, 3.05) is 0 Å². The third-order valence-corrected chi connectivity index (χ3v) is 3.67. The number of hydrogen-bond donors (Lipinski definition) is 0. The molecule has 1 aliphatic rings. The summed E-state index contributed by atoms with van der Waals surface area (Å²) in [7, 11) is 0. The SMILES string of the molecule is Clc1nccnc1-c1cccc(C2CCC2)c1. The van der Waals surface area contributed by atoms with Crippen LogP contribution < -0.4 is 0 Å². The van der Waals surface area contributed by atoms with E-state index < -0.39 is 0 Å². The minimum atomic E-state index is 0.471. The average molecular weight is 245 g/mol. The second-order valence-electron chi connectivity index (χ2n) is 4.45. The lowest BCUT2D eigenvalue weighted by atomic mass is 9.79. The molecule has 0 N–H and O–H groups in total. The minimum absolute atomic E-state index is 0.471. The molecule has 1 aromatic heterocycles. The van der Waals surface area contributed by atoms with Crippen molar-refractivity contribution < 1.29 is 0 Å². The quantitative estimate of drug-likeness (QED) is 0.796. The van der Waals surface area contributed by atoms with E-state index in [1.54, 1.807) is 12.4 Å². The van der Waals surface area contributed by atoms with Crippen molar-refractivity contribution in [3.63, 3.8) is 0 Å². The van der Waals surface area contributed by atoms with Crippen LogP contribution in [-0.4, -0.2) is 9.97 Å². The van der Waals surface area contributed by atoms with E-state index in [1.807, 2.05) is 6.07 Å². The summed E-state index contributed by atoms with van der Waals surface area (Å²) in [6, 6.07) is 8.50. The van der Waals surface area contributed by atoms with Crippen LogP contribution in [0.1, 0.15) is 30.7 Å². The predicted octanol–water partition coefficient (Wildman–Crippen LogP) is 4.06. The number of benzene rings is 1. The van der Waals surface area contributed by atoms with Crippen molar-refractivity contribution in [3.8, 4) is 11.3 Å². The van der Waals surface area contributed by atoms with Crippen LogP contribution in [0.5, 0.6) is 0 Å². The summed E-state index contributed by atoms with van der Waals surface area (Å²) in [5.41, 5.74) is 3.23. The van der Waals surface area contributed by atoms with Gasteiger partial charge in [-0.05, 0) is 30.4 Å². The second-order valence-corrected chi connectivity index (χ2v) is 4.81. The number of aromatic nitrogens is 2. The minimum Gasteiger partial charge on any atom is -0.251 e. The fourth-order valence-corrected chi connectivity index (χ4v) is 2.41. The van der Waals surface area contributed by atoms with Gasteiger partial charge < -0.3 is 0 Å². The molecule has 2 aromatic rings. The molecule has 1 saturated carbocycles. The van der Waals surface area contributed by atoms with Crippen molar-refractivity contribution in [3.05, 3.63) is 47.4 Å². The highest BCUT2D eigenvalue weighted by atomic mass is 35.5. The van der Waals surface area contributed by atoms with Gasteiger partial charge in [0.05, 0.1) is 0 Å². The van der Waals surface area contributed by atoms with E-state index in [9.17, 15) is 0 Å². The molecule has 1 aromatic carbocycles. The summed E-state index contributed by atoms with van der Waals surface area (Å²) >= 11 is 6.06.